The molecule has 3 heteroatoms. The highest BCUT2D eigenvalue weighted by Gasteiger charge is 2.08. The zero-order valence-corrected chi connectivity index (χ0v) is 14.6. The van der Waals surface area contributed by atoms with E-state index in [1.165, 1.54) is 48.4 Å². The van der Waals surface area contributed by atoms with Crippen LogP contribution in [0.3, 0.4) is 0 Å². The number of fused-ring (bicyclic) bond motifs is 1. The molecule has 0 saturated carbocycles. The number of nitrogens with one attached hydrogen (secondary N) is 1. The summed E-state index contributed by atoms with van der Waals surface area (Å²) in [5, 5.41) is 6.15. The first-order chi connectivity index (χ1) is 10.9. The topological polar surface area (TPSA) is 21.3 Å². The van der Waals surface area contributed by atoms with Gasteiger partial charge in [0.05, 0.1) is 7.11 Å². The van der Waals surface area contributed by atoms with Gasteiger partial charge in [0.25, 0.3) is 0 Å². The van der Waals surface area contributed by atoms with Crippen molar-refractivity contribution in [3.63, 3.8) is 0 Å². The zero-order valence-electron chi connectivity index (χ0n) is 13.8. The maximum Gasteiger partial charge on any atom is 0.123 e. The molecule has 1 N–H and O–H groups in total. The highest BCUT2D eigenvalue weighted by atomic mass is 35.5. The van der Waals surface area contributed by atoms with Gasteiger partial charge in [-0.1, -0.05) is 42.0 Å². The third kappa shape index (κ3) is 4.49. The first-order valence-corrected chi connectivity index (χ1v) is 8.32. The van der Waals surface area contributed by atoms with E-state index in [0.29, 0.717) is 0 Å². The van der Waals surface area contributed by atoms with Gasteiger partial charge in [-0.2, -0.15) is 0 Å². The third-order valence-electron chi connectivity index (χ3n) is 4.53. The average Bonchev–Trinajstić information content (AvgIpc) is 2.59. The zero-order chi connectivity index (χ0) is 15.2. The van der Waals surface area contributed by atoms with Gasteiger partial charge in [-0.05, 0) is 55.5 Å². The monoisotopic (exact) mass is 331 g/mol. The second-order valence-electron chi connectivity index (χ2n) is 6.00. The Labute approximate surface area is 145 Å². The Morgan fingerprint density at radius 2 is 1.96 bits per heavy atom. The molecule has 0 saturated heterocycles. The highest BCUT2D eigenvalue weighted by Crippen LogP contribution is 2.28. The Morgan fingerprint density at radius 3 is 2.74 bits per heavy atom. The van der Waals surface area contributed by atoms with Gasteiger partial charge in [0.1, 0.15) is 5.75 Å². The van der Waals surface area contributed by atoms with E-state index in [1.807, 2.05) is 0 Å². The van der Waals surface area contributed by atoms with Crippen LogP contribution in [-0.4, -0.2) is 13.7 Å². The van der Waals surface area contributed by atoms with Gasteiger partial charge in [-0.3, -0.25) is 0 Å². The van der Waals surface area contributed by atoms with Crippen molar-refractivity contribution in [2.75, 3.05) is 13.7 Å². The quantitative estimate of drug-likeness (QED) is 0.576. The Hall–Kier alpha value is -1.51. The highest BCUT2D eigenvalue weighted by molar-refractivity contribution is 5.87. The maximum atomic E-state index is 5.55. The summed E-state index contributed by atoms with van der Waals surface area (Å²) >= 11 is 0. The number of allylic oxidation sites excluding steroid dienone is 1. The molecule has 0 heterocycles. The lowest BCUT2D eigenvalue weighted by Crippen LogP contribution is -2.16. The fraction of sp³-hybridized carbons (Fsp3) is 0.400. The summed E-state index contributed by atoms with van der Waals surface area (Å²) in [6.07, 6.45) is 8.90. The fourth-order valence-electron chi connectivity index (χ4n) is 3.28. The molecule has 2 aromatic rings. The van der Waals surface area contributed by atoms with Crippen LogP contribution in [0.25, 0.3) is 10.8 Å². The van der Waals surface area contributed by atoms with E-state index in [2.05, 4.69) is 47.8 Å². The van der Waals surface area contributed by atoms with Crippen LogP contribution in [0.5, 0.6) is 5.75 Å². The van der Waals surface area contributed by atoms with Crippen molar-refractivity contribution in [1.82, 2.24) is 5.32 Å². The van der Waals surface area contributed by atoms with Gasteiger partial charge in [0, 0.05) is 12.1 Å². The van der Waals surface area contributed by atoms with Crippen molar-refractivity contribution in [3.05, 3.63) is 53.6 Å². The molecule has 1 aliphatic carbocycles. The average molecular weight is 332 g/mol. The van der Waals surface area contributed by atoms with Crippen molar-refractivity contribution in [2.24, 2.45) is 0 Å². The fourth-order valence-corrected chi connectivity index (χ4v) is 3.28. The molecule has 2 nitrogen and oxygen atoms in total. The number of methoxy groups -OCH3 is 1. The van der Waals surface area contributed by atoms with E-state index >= 15 is 0 Å². The number of halogens is 1. The molecule has 23 heavy (non-hydrogen) atoms. The molecule has 0 atom stereocenters. The molecule has 124 valence electrons. The molecule has 0 fully saturated rings. The van der Waals surface area contributed by atoms with Gasteiger partial charge >= 0.3 is 0 Å². The van der Waals surface area contributed by atoms with E-state index in [4.69, 9.17) is 4.74 Å². The summed E-state index contributed by atoms with van der Waals surface area (Å²) in [5.74, 6) is 0.975. The Morgan fingerprint density at radius 1 is 1.09 bits per heavy atom. The predicted octanol–water partition coefficient (Wildman–Crippen LogP) is 5.25. The molecular weight excluding hydrogens is 306 g/mol. The SMILES string of the molecule is COc1ccc2ccccc2c1CNCCC1=CCCCC1.Cl. The van der Waals surface area contributed by atoms with Crippen molar-refractivity contribution in [1.29, 1.82) is 0 Å². The predicted molar refractivity (Wildman–Crippen MR) is 101 cm³/mol. The molecule has 0 amide bonds. The number of rotatable bonds is 6. The number of benzene rings is 2. The summed E-state index contributed by atoms with van der Waals surface area (Å²) in [7, 11) is 1.75. The van der Waals surface area contributed by atoms with Gasteiger partial charge in [-0.25, -0.2) is 0 Å². The van der Waals surface area contributed by atoms with Crippen LogP contribution >= 0.6 is 12.4 Å². The first kappa shape index (κ1) is 17.8. The molecular formula is C20H26ClNO. The normalized spacial score (nSPS) is 14.2. The second kappa shape index (κ2) is 8.95. The minimum Gasteiger partial charge on any atom is -0.496 e. The van der Waals surface area contributed by atoms with Crippen LogP contribution in [0, 0.1) is 0 Å². The molecule has 0 aliphatic heterocycles. The third-order valence-corrected chi connectivity index (χ3v) is 4.53. The van der Waals surface area contributed by atoms with Crippen molar-refractivity contribution >= 4 is 23.2 Å². The van der Waals surface area contributed by atoms with E-state index in [9.17, 15) is 0 Å². The summed E-state index contributed by atoms with van der Waals surface area (Å²) in [6.45, 7) is 1.90. The lowest BCUT2D eigenvalue weighted by Gasteiger charge is -2.15. The molecule has 3 rings (SSSR count). The van der Waals surface area contributed by atoms with Crippen LogP contribution in [0.4, 0.5) is 0 Å². The standard InChI is InChI=1S/C20H25NO.ClH/c1-22-20-12-11-17-9-5-6-10-18(17)19(20)15-21-14-13-16-7-3-2-4-8-16;/h5-7,9-12,21H,2-4,8,13-15H2,1H3;1H. The Kier molecular flexibility index (Phi) is 6.94. The lowest BCUT2D eigenvalue weighted by atomic mass is 9.97. The molecule has 2 aromatic carbocycles. The van der Waals surface area contributed by atoms with Gasteiger partial charge in [0.2, 0.25) is 0 Å². The van der Waals surface area contributed by atoms with E-state index in [-0.39, 0.29) is 12.4 Å². The molecule has 0 radical (unpaired) electrons. The second-order valence-corrected chi connectivity index (χ2v) is 6.00. The summed E-state index contributed by atoms with van der Waals surface area (Å²) in [4.78, 5) is 0. The van der Waals surface area contributed by atoms with Gasteiger partial charge in [-0.15, -0.1) is 12.4 Å². The van der Waals surface area contributed by atoms with Crippen molar-refractivity contribution in [2.45, 2.75) is 38.6 Å². The summed E-state index contributed by atoms with van der Waals surface area (Å²) in [5.41, 5.74) is 2.89. The van der Waals surface area contributed by atoms with E-state index < -0.39 is 0 Å². The Balaban J connectivity index is 0.00000192. The van der Waals surface area contributed by atoms with E-state index in [0.717, 1.165) is 18.8 Å². The molecule has 0 aromatic heterocycles. The van der Waals surface area contributed by atoms with Crippen LogP contribution in [-0.2, 0) is 6.54 Å². The Bertz CT molecular complexity index is 666. The molecule has 0 spiro atoms. The van der Waals surface area contributed by atoms with Crippen LogP contribution in [0.2, 0.25) is 0 Å². The molecule has 0 bridgehead atoms. The minimum atomic E-state index is 0. The van der Waals surface area contributed by atoms with Crippen molar-refractivity contribution < 1.29 is 4.74 Å². The summed E-state index contributed by atoms with van der Waals surface area (Å²) in [6, 6.07) is 12.7. The number of hydrogen-bond donors (Lipinski definition) is 1. The van der Waals surface area contributed by atoms with Gasteiger partial charge in [0.15, 0.2) is 0 Å². The number of ether oxygens (including phenoxy) is 1. The van der Waals surface area contributed by atoms with Gasteiger partial charge < -0.3 is 10.1 Å². The van der Waals surface area contributed by atoms with Crippen LogP contribution < -0.4 is 10.1 Å². The van der Waals surface area contributed by atoms with Crippen LogP contribution in [0.15, 0.2) is 48.0 Å². The van der Waals surface area contributed by atoms with Crippen molar-refractivity contribution in [3.8, 4) is 5.75 Å². The van der Waals surface area contributed by atoms with E-state index in [1.54, 1.807) is 12.7 Å². The summed E-state index contributed by atoms with van der Waals surface area (Å²) < 4.78 is 5.55. The lowest BCUT2D eigenvalue weighted by molar-refractivity contribution is 0.408. The largest absolute Gasteiger partial charge is 0.496 e. The molecule has 1 aliphatic rings. The molecule has 0 unspecified atom stereocenters. The smallest absolute Gasteiger partial charge is 0.123 e. The van der Waals surface area contributed by atoms with Crippen LogP contribution in [0.1, 0.15) is 37.7 Å². The maximum absolute atomic E-state index is 5.55. The minimum absolute atomic E-state index is 0. The number of hydrogen-bond acceptors (Lipinski definition) is 2. The first-order valence-electron chi connectivity index (χ1n) is 8.32.